The number of aromatic nitrogens is 5. The molecule has 1 fully saturated rings. The maximum absolute atomic E-state index is 13.2. The highest BCUT2D eigenvalue weighted by atomic mass is 35.5. The van der Waals surface area contributed by atoms with Gasteiger partial charge in [-0.1, -0.05) is 18.5 Å². The predicted molar refractivity (Wildman–Crippen MR) is 134 cm³/mol. The molecule has 37 heavy (non-hydrogen) atoms. The highest BCUT2D eigenvalue weighted by Crippen LogP contribution is 2.37. The molecule has 3 aromatic rings. The Kier molecular flexibility index (Phi) is 7.49. The second-order valence-electron chi connectivity index (χ2n) is 9.77. The van der Waals surface area contributed by atoms with Gasteiger partial charge < -0.3 is 9.72 Å². The highest BCUT2D eigenvalue weighted by Gasteiger charge is 2.37. The highest BCUT2D eigenvalue weighted by molar-refractivity contribution is 7.89. The number of nitrogens with zero attached hydrogens (tertiary/aromatic N) is 5. The first-order valence-electron chi connectivity index (χ1n) is 11.5. The molecule has 1 aliphatic heterocycles. The Bertz CT molecular complexity index is 1380. The van der Waals surface area contributed by atoms with E-state index in [2.05, 4.69) is 30.5 Å². The van der Waals surface area contributed by atoms with Gasteiger partial charge >= 0.3 is 6.09 Å². The topological polar surface area (TPSA) is 143 Å². The fourth-order valence-electron chi connectivity index (χ4n) is 4.07. The number of anilines is 1. The average Bonchev–Trinajstić information content (AvgIpc) is 3.19. The van der Waals surface area contributed by atoms with E-state index in [-0.39, 0.29) is 40.9 Å². The van der Waals surface area contributed by atoms with Crippen molar-refractivity contribution in [3.63, 3.8) is 0 Å². The van der Waals surface area contributed by atoms with Crippen LogP contribution in [-0.2, 0) is 14.8 Å². The van der Waals surface area contributed by atoms with Gasteiger partial charge in [-0.3, -0.25) is 5.32 Å². The predicted octanol–water partition coefficient (Wildman–Crippen LogP) is 4.22. The Labute approximate surface area is 218 Å². The van der Waals surface area contributed by atoms with E-state index in [0.29, 0.717) is 23.6 Å². The number of pyridine rings is 1. The van der Waals surface area contributed by atoms with Crippen molar-refractivity contribution >= 4 is 33.5 Å². The number of ether oxygens (including phenoxy) is 1. The number of piperidine rings is 1. The van der Waals surface area contributed by atoms with Gasteiger partial charge in [-0.15, -0.1) is 10.2 Å². The van der Waals surface area contributed by atoms with E-state index in [1.807, 2.05) is 6.92 Å². The van der Waals surface area contributed by atoms with E-state index in [1.165, 1.54) is 28.6 Å². The van der Waals surface area contributed by atoms with Gasteiger partial charge in [-0.25, -0.2) is 27.6 Å². The molecule has 3 aromatic heterocycles. The summed E-state index contributed by atoms with van der Waals surface area (Å²) in [6, 6.07) is 5.44. The zero-order chi connectivity index (χ0) is 27.0. The fourth-order valence-corrected chi connectivity index (χ4v) is 5.77. The van der Waals surface area contributed by atoms with Gasteiger partial charge in [0.2, 0.25) is 0 Å². The van der Waals surface area contributed by atoms with Crippen molar-refractivity contribution in [3.8, 4) is 11.5 Å². The van der Waals surface area contributed by atoms with Crippen LogP contribution in [-0.4, -0.2) is 62.7 Å². The third kappa shape index (κ3) is 6.22. The third-order valence-corrected chi connectivity index (χ3v) is 7.81. The Morgan fingerprint density at radius 2 is 2.00 bits per heavy atom. The maximum atomic E-state index is 13.2. The van der Waals surface area contributed by atoms with E-state index >= 15 is 0 Å². The first-order chi connectivity index (χ1) is 17.3. The molecule has 1 amide bonds. The van der Waals surface area contributed by atoms with Crippen molar-refractivity contribution in [1.29, 1.82) is 0 Å². The maximum Gasteiger partial charge on any atom is 0.413 e. The summed E-state index contributed by atoms with van der Waals surface area (Å²) in [7, 11) is -3.92. The number of H-pyrrole nitrogens is 1. The van der Waals surface area contributed by atoms with Gasteiger partial charge in [0.05, 0.1) is 11.9 Å². The van der Waals surface area contributed by atoms with Crippen molar-refractivity contribution in [2.24, 2.45) is 5.92 Å². The number of sulfonamides is 1. The van der Waals surface area contributed by atoms with E-state index in [0.717, 1.165) is 6.20 Å². The quantitative estimate of drug-likeness (QED) is 0.480. The Balaban J connectivity index is 1.44. The minimum absolute atomic E-state index is 0.0700. The Morgan fingerprint density at radius 3 is 2.59 bits per heavy atom. The molecule has 4 rings (SSSR count). The minimum atomic E-state index is -3.92. The van der Waals surface area contributed by atoms with Crippen molar-refractivity contribution in [2.75, 3.05) is 18.4 Å². The molecule has 0 spiro atoms. The van der Waals surface area contributed by atoms with Crippen LogP contribution in [0.25, 0.3) is 11.5 Å². The fraction of sp³-hybridized carbons (Fsp3) is 0.435. The zero-order valence-corrected chi connectivity index (χ0v) is 22.3. The molecule has 0 aromatic carbocycles. The third-order valence-electron chi connectivity index (χ3n) is 5.77. The number of aromatic amines is 1. The van der Waals surface area contributed by atoms with Crippen molar-refractivity contribution in [2.45, 2.75) is 50.7 Å². The number of hydrogen-bond acceptors (Lipinski definition) is 8. The normalized spacial score (nSPS) is 19.0. The van der Waals surface area contributed by atoms with Crippen LogP contribution in [0, 0.1) is 11.7 Å². The molecule has 0 bridgehead atoms. The number of hydrogen-bond donors (Lipinski definition) is 2. The van der Waals surface area contributed by atoms with Crippen LogP contribution in [0.2, 0.25) is 5.15 Å². The molecular weight excluding hydrogens is 525 g/mol. The van der Waals surface area contributed by atoms with Gasteiger partial charge in [0.1, 0.15) is 17.1 Å². The molecule has 0 unspecified atom stereocenters. The van der Waals surface area contributed by atoms with Crippen LogP contribution in [0.15, 0.2) is 35.5 Å². The number of carbonyl (C=O) groups excluding carboxylic acids is 1. The van der Waals surface area contributed by atoms with Gasteiger partial charge in [-0.2, -0.15) is 4.31 Å². The molecule has 198 valence electrons. The molecule has 1 aliphatic rings. The smallest absolute Gasteiger partial charge is 0.413 e. The van der Waals surface area contributed by atoms with Gasteiger partial charge in [0.15, 0.2) is 21.8 Å². The molecule has 0 radical (unpaired) electrons. The number of carbonyl (C=O) groups is 1. The molecule has 14 heteroatoms. The average molecular weight is 552 g/mol. The van der Waals surface area contributed by atoms with Crippen LogP contribution in [0.4, 0.5) is 15.0 Å². The second-order valence-corrected chi connectivity index (χ2v) is 12.0. The first kappa shape index (κ1) is 26.9. The van der Waals surface area contributed by atoms with E-state index in [4.69, 9.17) is 16.3 Å². The summed E-state index contributed by atoms with van der Waals surface area (Å²) in [5.74, 6) is -0.149. The van der Waals surface area contributed by atoms with Crippen LogP contribution < -0.4 is 5.32 Å². The molecule has 4 heterocycles. The minimum Gasteiger partial charge on any atom is -0.444 e. The summed E-state index contributed by atoms with van der Waals surface area (Å²) in [5, 5.41) is 10.1. The van der Waals surface area contributed by atoms with E-state index < -0.39 is 27.5 Å². The molecule has 11 nitrogen and oxygen atoms in total. The monoisotopic (exact) mass is 551 g/mol. The lowest BCUT2D eigenvalue weighted by atomic mass is 9.86. The summed E-state index contributed by atoms with van der Waals surface area (Å²) >= 11 is 6.40. The molecule has 2 N–H and O–H groups in total. The number of nitrogens with one attached hydrogen (secondary N) is 2. The molecule has 1 saturated heterocycles. The lowest BCUT2D eigenvalue weighted by Gasteiger charge is -2.35. The van der Waals surface area contributed by atoms with E-state index in [1.54, 1.807) is 20.8 Å². The summed E-state index contributed by atoms with van der Waals surface area (Å²) in [4.78, 5) is 23.4. The summed E-state index contributed by atoms with van der Waals surface area (Å²) in [5.41, 5.74) is 0.443. The number of rotatable bonds is 5. The van der Waals surface area contributed by atoms with Crippen LogP contribution in [0.1, 0.15) is 45.7 Å². The summed E-state index contributed by atoms with van der Waals surface area (Å²) in [6.45, 7) is 7.56. The van der Waals surface area contributed by atoms with Crippen molar-refractivity contribution < 1.29 is 22.3 Å². The number of halogens is 2. The van der Waals surface area contributed by atoms with Crippen molar-refractivity contribution in [1.82, 2.24) is 29.5 Å². The molecule has 2 atom stereocenters. The second kappa shape index (κ2) is 10.3. The lowest BCUT2D eigenvalue weighted by Crippen LogP contribution is -2.42. The molecular formula is C23H27ClFN7O4S. The largest absolute Gasteiger partial charge is 0.444 e. The summed E-state index contributed by atoms with van der Waals surface area (Å²) < 4.78 is 46.1. The zero-order valence-electron chi connectivity index (χ0n) is 20.7. The summed E-state index contributed by atoms with van der Waals surface area (Å²) in [6.07, 6.45) is 0.870. The van der Waals surface area contributed by atoms with Gasteiger partial charge in [0, 0.05) is 19.0 Å². The van der Waals surface area contributed by atoms with Crippen LogP contribution in [0.5, 0.6) is 0 Å². The lowest BCUT2D eigenvalue weighted by molar-refractivity contribution is 0.0635. The number of amides is 1. The SMILES string of the molecule is C[C@H]1CN(S(=O)(=O)c2ccc(NC(=O)OC(C)(C)C)nn2)CC[C@H]1c1[nH]c(-c2ccc(F)cn2)nc1Cl. The van der Waals surface area contributed by atoms with Crippen LogP contribution in [0.3, 0.4) is 0 Å². The standard InChI is InChI=1S/C23H27ClFN7O4S/c1-13-12-32(37(34,35)18-8-7-17(30-31-18)27-22(33)36-23(2,3)4)10-9-15(13)19-20(24)29-21(28-19)16-6-5-14(25)11-26-16/h5-8,11,13,15H,9-10,12H2,1-4H3,(H,28,29)(H,27,30,33)/t13-,15+/m0/s1. The van der Waals surface area contributed by atoms with Crippen LogP contribution >= 0.6 is 11.6 Å². The first-order valence-corrected chi connectivity index (χ1v) is 13.4. The van der Waals surface area contributed by atoms with Gasteiger partial charge in [-0.05, 0) is 57.4 Å². The molecule has 0 aliphatic carbocycles. The van der Waals surface area contributed by atoms with Crippen molar-refractivity contribution in [3.05, 3.63) is 47.1 Å². The Morgan fingerprint density at radius 1 is 1.24 bits per heavy atom. The van der Waals surface area contributed by atoms with E-state index in [9.17, 15) is 17.6 Å². The Hall–Kier alpha value is -3.16. The van der Waals surface area contributed by atoms with Gasteiger partial charge in [0.25, 0.3) is 10.0 Å². The molecule has 0 saturated carbocycles. The number of imidazole rings is 1.